The zero-order valence-corrected chi connectivity index (χ0v) is 20.3. The largest absolute Gasteiger partial charge is 0.281 e. The van der Waals surface area contributed by atoms with Gasteiger partial charge in [-0.2, -0.15) is 15.2 Å². The first kappa shape index (κ1) is 22.4. The summed E-state index contributed by atoms with van der Waals surface area (Å²) >= 11 is 0. The normalized spacial score (nSPS) is 14.3. The molecule has 0 atom stereocenters. The molecule has 1 amide bonds. The van der Waals surface area contributed by atoms with Gasteiger partial charge in [-0.1, -0.05) is 96.6 Å². The van der Waals surface area contributed by atoms with E-state index in [0.717, 1.165) is 33.8 Å². The van der Waals surface area contributed by atoms with Crippen LogP contribution in [0.2, 0.25) is 0 Å². The maximum absolute atomic E-state index is 13.8. The van der Waals surface area contributed by atoms with Crippen molar-refractivity contribution in [2.24, 2.45) is 5.10 Å². The smallest absolute Gasteiger partial charge is 0.267 e. The van der Waals surface area contributed by atoms with E-state index in [-0.39, 0.29) is 5.91 Å². The summed E-state index contributed by atoms with van der Waals surface area (Å²) in [7, 11) is 0. The van der Waals surface area contributed by atoms with Crippen molar-refractivity contribution in [3.8, 4) is 16.9 Å². The number of hydrogen-bond donors (Lipinski definition) is 0. The molecule has 0 spiro atoms. The lowest BCUT2D eigenvalue weighted by Gasteiger charge is -2.10. The number of anilines is 1. The van der Waals surface area contributed by atoms with Crippen LogP contribution in [0.15, 0.2) is 132 Å². The van der Waals surface area contributed by atoms with Crippen LogP contribution in [0.3, 0.4) is 0 Å². The molecule has 0 saturated carbocycles. The van der Waals surface area contributed by atoms with Gasteiger partial charge in [0.2, 0.25) is 0 Å². The number of carbonyl (C=O) groups is 1. The van der Waals surface area contributed by atoms with Crippen molar-refractivity contribution in [1.29, 1.82) is 0 Å². The summed E-state index contributed by atoms with van der Waals surface area (Å²) in [6.07, 6.45) is 3.89. The van der Waals surface area contributed by atoms with E-state index >= 15 is 0 Å². The molecule has 0 saturated heterocycles. The van der Waals surface area contributed by atoms with Crippen molar-refractivity contribution in [2.45, 2.75) is 6.92 Å². The number of para-hydroxylation sites is 2. The van der Waals surface area contributed by atoms with Crippen molar-refractivity contribution >= 4 is 23.4 Å². The molecule has 0 radical (unpaired) electrons. The molecule has 1 aromatic heterocycles. The molecule has 0 unspecified atom stereocenters. The summed E-state index contributed by atoms with van der Waals surface area (Å²) in [6, 6.07) is 37.6. The third-order valence-corrected chi connectivity index (χ3v) is 6.31. The van der Waals surface area contributed by atoms with Gasteiger partial charge < -0.3 is 0 Å². The van der Waals surface area contributed by atoms with Crippen molar-refractivity contribution in [2.75, 3.05) is 5.01 Å². The van der Waals surface area contributed by atoms with Gasteiger partial charge in [0.15, 0.2) is 0 Å². The van der Waals surface area contributed by atoms with Gasteiger partial charge in [-0.25, -0.2) is 4.68 Å². The third kappa shape index (κ3) is 4.39. The number of aryl methyl sites for hydroxylation is 1. The van der Waals surface area contributed by atoms with Crippen molar-refractivity contribution in [1.82, 2.24) is 9.78 Å². The number of aromatic nitrogens is 2. The van der Waals surface area contributed by atoms with E-state index in [1.54, 1.807) is 0 Å². The SMILES string of the molecule is Cc1ccc(-c2nn(-c3ccccc3)cc2/C=C2\C(=O)N(c3ccccc3)N=C2c2ccccc2)cc1. The maximum atomic E-state index is 13.8. The zero-order chi connectivity index (χ0) is 25.2. The van der Waals surface area contributed by atoms with E-state index in [4.69, 9.17) is 10.2 Å². The Kier molecular flexibility index (Phi) is 5.79. The topological polar surface area (TPSA) is 50.5 Å². The van der Waals surface area contributed by atoms with E-state index < -0.39 is 0 Å². The molecule has 0 N–H and O–H groups in total. The van der Waals surface area contributed by atoms with Crippen LogP contribution in [0.4, 0.5) is 5.69 Å². The van der Waals surface area contributed by atoms with Crippen LogP contribution in [0.1, 0.15) is 16.7 Å². The summed E-state index contributed by atoms with van der Waals surface area (Å²) in [4.78, 5) is 13.8. The standard InChI is InChI=1S/C32H24N4O/c1-23-17-19-25(20-18-23)30-26(22-35(33-30)27-13-7-3-8-14-27)21-29-31(24-11-5-2-6-12-24)34-36(32(29)37)28-15-9-4-10-16-28/h2-22H,1H3/b29-21-. The number of hydrazone groups is 1. The van der Waals surface area contributed by atoms with E-state index in [0.29, 0.717) is 11.3 Å². The zero-order valence-electron chi connectivity index (χ0n) is 20.3. The van der Waals surface area contributed by atoms with Crippen molar-refractivity contribution in [3.63, 3.8) is 0 Å². The molecule has 1 aliphatic heterocycles. The Morgan fingerprint density at radius 2 is 1.27 bits per heavy atom. The summed E-state index contributed by atoms with van der Waals surface area (Å²) < 4.78 is 1.86. The Hall–Kier alpha value is -5.03. The van der Waals surface area contributed by atoms with Gasteiger partial charge in [0.25, 0.3) is 5.91 Å². The Labute approximate surface area is 215 Å². The van der Waals surface area contributed by atoms with E-state index in [2.05, 4.69) is 31.2 Å². The van der Waals surface area contributed by atoms with E-state index in [9.17, 15) is 4.79 Å². The quantitative estimate of drug-likeness (QED) is 0.263. The van der Waals surface area contributed by atoms with Crippen LogP contribution < -0.4 is 5.01 Å². The average Bonchev–Trinajstić information content (AvgIpc) is 3.52. The first-order valence-corrected chi connectivity index (χ1v) is 12.1. The van der Waals surface area contributed by atoms with Gasteiger partial charge in [-0.05, 0) is 37.3 Å². The average molecular weight is 481 g/mol. The second-order valence-electron chi connectivity index (χ2n) is 8.90. The van der Waals surface area contributed by atoms with Gasteiger partial charge in [0.05, 0.1) is 22.6 Å². The molecule has 0 fully saturated rings. The number of nitrogens with zero attached hydrogens (tertiary/aromatic N) is 4. The van der Waals surface area contributed by atoms with Crippen LogP contribution in [0, 0.1) is 6.92 Å². The molecular weight excluding hydrogens is 456 g/mol. The summed E-state index contributed by atoms with van der Waals surface area (Å²) in [6.45, 7) is 2.06. The third-order valence-electron chi connectivity index (χ3n) is 6.31. The highest BCUT2D eigenvalue weighted by Gasteiger charge is 2.32. The summed E-state index contributed by atoms with van der Waals surface area (Å²) in [5.41, 5.74) is 7.51. The minimum absolute atomic E-state index is 0.174. The molecular formula is C32H24N4O. The number of hydrogen-bond acceptors (Lipinski definition) is 3. The first-order chi connectivity index (χ1) is 18.2. The fraction of sp³-hybridized carbons (Fsp3) is 0.0312. The van der Waals surface area contributed by atoms with Gasteiger partial charge in [-0.15, -0.1) is 0 Å². The number of amides is 1. The molecule has 0 aliphatic carbocycles. The highest BCUT2D eigenvalue weighted by atomic mass is 16.2. The highest BCUT2D eigenvalue weighted by molar-refractivity contribution is 6.37. The van der Waals surface area contributed by atoms with Gasteiger partial charge in [-0.3, -0.25) is 4.79 Å². The molecule has 178 valence electrons. The lowest BCUT2D eigenvalue weighted by molar-refractivity contribution is -0.114. The Balaban J connectivity index is 1.52. The molecule has 37 heavy (non-hydrogen) atoms. The predicted molar refractivity (Wildman–Crippen MR) is 149 cm³/mol. The Morgan fingerprint density at radius 1 is 0.676 bits per heavy atom. The van der Waals surface area contributed by atoms with Gasteiger partial charge >= 0.3 is 0 Å². The van der Waals surface area contributed by atoms with Gasteiger partial charge in [0.1, 0.15) is 5.71 Å². The molecule has 5 nitrogen and oxygen atoms in total. The number of benzene rings is 4. The molecule has 0 bridgehead atoms. The lowest BCUT2D eigenvalue weighted by atomic mass is 9.99. The predicted octanol–water partition coefficient (Wildman–Crippen LogP) is 6.68. The molecule has 1 aliphatic rings. The van der Waals surface area contributed by atoms with E-state index in [1.807, 2.05) is 108 Å². The summed E-state index contributed by atoms with van der Waals surface area (Å²) in [5.74, 6) is -0.174. The van der Waals surface area contributed by atoms with E-state index in [1.165, 1.54) is 10.6 Å². The molecule has 2 heterocycles. The molecule has 4 aromatic carbocycles. The molecule has 5 heteroatoms. The molecule has 5 aromatic rings. The van der Waals surface area contributed by atoms with Crippen LogP contribution in [-0.2, 0) is 4.79 Å². The van der Waals surface area contributed by atoms with Crippen LogP contribution in [-0.4, -0.2) is 21.4 Å². The van der Waals surface area contributed by atoms with Gasteiger partial charge in [0, 0.05) is 22.9 Å². The highest BCUT2D eigenvalue weighted by Crippen LogP contribution is 2.31. The maximum Gasteiger partial charge on any atom is 0.281 e. The van der Waals surface area contributed by atoms with Crippen LogP contribution in [0.25, 0.3) is 23.0 Å². The monoisotopic (exact) mass is 480 g/mol. The second kappa shape index (κ2) is 9.55. The number of rotatable bonds is 5. The minimum Gasteiger partial charge on any atom is -0.267 e. The second-order valence-corrected chi connectivity index (χ2v) is 8.90. The minimum atomic E-state index is -0.174. The number of carbonyl (C=O) groups excluding carboxylic acids is 1. The van der Waals surface area contributed by atoms with Crippen molar-refractivity contribution < 1.29 is 4.79 Å². The fourth-order valence-corrected chi connectivity index (χ4v) is 4.40. The summed E-state index contributed by atoms with van der Waals surface area (Å²) in [5, 5.41) is 11.2. The Morgan fingerprint density at radius 3 is 1.92 bits per heavy atom. The molecule has 6 rings (SSSR count). The first-order valence-electron chi connectivity index (χ1n) is 12.1. The van der Waals surface area contributed by atoms with Crippen LogP contribution in [0.5, 0.6) is 0 Å². The lowest BCUT2D eigenvalue weighted by Crippen LogP contribution is -2.21. The Bertz CT molecular complexity index is 1620. The van der Waals surface area contributed by atoms with Crippen LogP contribution >= 0.6 is 0 Å². The van der Waals surface area contributed by atoms with Crippen molar-refractivity contribution in [3.05, 3.63) is 144 Å². The fourth-order valence-electron chi connectivity index (χ4n) is 4.40.